The molecular formula is C16H17Cl2NO. The van der Waals surface area contributed by atoms with Crippen molar-refractivity contribution in [1.82, 2.24) is 0 Å². The molecule has 0 heterocycles. The van der Waals surface area contributed by atoms with Crippen LogP contribution < -0.4 is 5.73 Å². The highest BCUT2D eigenvalue weighted by Crippen LogP contribution is 2.33. The van der Waals surface area contributed by atoms with Crippen molar-refractivity contribution in [3.05, 3.63) is 69.2 Å². The van der Waals surface area contributed by atoms with Crippen LogP contribution in [0.3, 0.4) is 0 Å². The molecule has 0 fully saturated rings. The summed E-state index contributed by atoms with van der Waals surface area (Å²) in [5, 5.41) is 11.9. The quantitative estimate of drug-likeness (QED) is 0.894. The third-order valence-electron chi connectivity index (χ3n) is 3.49. The number of aliphatic hydroxyl groups is 1. The summed E-state index contributed by atoms with van der Waals surface area (Å²) in [4.78, 5) is 0. The van der Waals surface area contributed by atoms with Gasteiger partial charge in [0, 0.05) is 22.5 Å². The number of halogens is 2. The van der Waals surface area contributed by atoms with Gasteiger partial charge in [0.1, 0.15) is 0 Å². The molecule has 0 aromatic heterocycles. The van der Waals surface area contributed by atoms with Crippen molar-refractivity contribution >= 4 is 23.2 Å². The number of hydrogen-bond donors (Lipinski definition) is 2. The highest BCUT2D eigenvalue weighted by atomic mass is 35.5. The highest BCUT2D eigenvalue weighted by Gasteiger charge is 2.23. The highest BCUT2D eigenvalue weighted by molar-refractivity contribution is 6.30. The van der Waals surface area contributed by atoms with E-state index in [1.807, 2.05) is 31.2 Å². The molecule has 0 saturated heterocycles. The molecule has 2 aromatic rings. The van der Waals surface area contributed by atoms with E-state index in [9.17, 15) is 5.11 Å². The molecule has 0 bridgehead atoms. The minimum Gasteiger partial charge on any atom is -0.388 e. The lowest BCUT2D eigenvalue weighted by molar-refractivity contribution is 0.147. The fourth-order valence-electron chi connectivity index (χ4n) is 2.30. The maximum absolute atomic E-state index is 10.6. The molecule has 2 rings (SSSR count). The summed E-state index contributed by atoms with van der Waals surface area (Å²) in [6.45, 7) is 2.29. The standard InChI is InChI=1S/C16H17Cl2NO/c1-10-2-5-13(18)8-14(10)16(20)15(9-19)11-3-6-12(17)7-4-11/h2-8,15-16,20H,9,19H2,1H3. The zero-order valence-corrected chi connectivity index (χ0v) is 12.7. The average molecular weight is 310 g/mol. The summed E-state index contributed by atoms with van der Waals surface area (Å²) in [5.74, 6) is -0.190. The average Bonchev–Trinajstić information content (AvgIpc) is 2.44. The van der Waals surface area contributed by atoms with E-state index in [2.05, 4.69) is 0 Å². The molecule has 20 heavy (non-hydrogen) atoms. The summed E-state index contributed by atoms with van der Waals surface area (Å²) >= 11 is 11.9. The zero-order valence-electron chi connectivity index (χ0n) is 11.2. The van der Waals surface area contributed by atoms with Crippen molar-refractivity contribution < 1.29 is 5.11 Å². The Morgan fingerprint density at radius 2 is 1.65 bits per heavy atom. The first-order chi connectivity index (χ1) is 9.52. The van der Waals surface area contributed by atoms with Gasteiger partial charge in [-0.05, 0) is 47.9 Å². The predicted molar refractivity (Wildman–Crippen MR) is 84.4 cm³/mol. The number of benzene rings is 2. The lowest BCUT2D eigenvalue weighted by Crippen LogP contribution is -2.20. The van der Waals surface area contributed by atoms with E-state index in [1.54, 1.807) is 18.2 Å². The van der Waals surface area contributed by atoms with Crippen LogP contribution in [0.1, 0.15) is 28.7 Å². The second-order valence-corrected chi connectivity index (χ2v) is 5.71. The first-order valence-corrected chi connectivity index (χ1v) is 7.18. The first-order valence-electron chi connectivity index (χ1n) is 6.42. The van der Waals surface area contributed by atoms with Crippen molar-refractivity contribution in [1.29, 1.82) is 0 Å². The van der Waals surface area contributed by atoms with Crippen LogP contribution in [0.4, 0.5) is 0 Å². The normalized spacial score (nSPS) is 14.1. The Kier molecular flexibility index (Phi) is 5.06. The van der Waals surface area contributed by atoms with Gasteiger partial charge in [-0.2, -0.15) is 0 Å². The van der Waals surface area contributed by atoms with Crippen molar-refractivity contribution in [3.8, 4) is 0 Å². The minimum atomic E-state index is -0.695. The van der Waals surface area contributed by atoms with Crippen molar-refractivity contribution in [2.24, 2.45) is 5.73 Å². The van der Waals surface area contributed by atoms with Gasteiger partial charge in [-0.3, -0.25) is 0 Å². The Hall–Kier alpha value is -1.06. The lowest BCUT2D eigenvalue weighted by atomic mass is 9.87. The van der Waals surface area contributed by atoms with Crippen LogP contribution in [0.2, 0.25) is 10.0 Å². The minimum absolute atomic E-state index is 0.190. The SMILES string of the molecule is Cc1ccc(Cl)cc1C(O)C(CN)c1ccc(Cl)cc1. The summed E-state index contributed by atoms with van der Waals surface area (Å²) in [6, 6.07) is 12.9. The fourth-order valence-corrected chi connectivity index (χ4v) is 2.61. The van der Waals surface area contributed by atoms with Gasteiger partial charge in [-0.1, -0.05) is 41.4 Å². The second-order valence-electron chi connectivity index (χ2n) is 4.84. The van der Waals surface area contributed by atoms with Gasteiger partial charge in [0.25, 0.3) is 0 Å². The predicted octanol–water partition coefficient (Wildman–Crippen LogP) is 4.08. The van der Waals surface area contributed by atoms with E-state index in [4.69, 9.17) is 28.9 Å². The lowest BCUT2D eigenvalue weighted by Gasteiger charge is -2.24. The molecule has 2 unspecified atom stereocenters. The number of rotatable bonds is 4. The Labute approximate surface area is 129 Å². The van der Waals surface area contributed by atoms with E-state index in [0.29, 0.717) is 16.6 Å². The van der Waals surface area contributed by atoms with E-state index in [-0.39, 0.29) is 5.92 Å². The van der Waals surface area contributed by atoms with Gasteiger partial charge < -0.3 is 10.8 Å². The molecule has 0 amide bonds. The molecule has 106 valence electrons. The van der Waals surface area contributed by atoms with Crippen LogP contribution in [-0.2, 0) is 0 Å². The summed E-state index contributed by atoms with van der Waals surface area (Å²) in [6.07, 6.45) is -0.695. The van der Waals surface area contributed by atoms with Gasteiger partial charge in [0.2, 0.25) is 0 Å². The van der Waals surface area contributed by atoms with Crippen molar-refractivity contribution in [3.63, 3.8) is 0 Å². The molecule has 0 spiro atoms. The molecular weight excluding hydrogens is 293 g/mol. The van der Waals surface area contributed by atoms with E-state index in [0.717, 1.165) is 16.7 Å². The largest absolute Gasteiger partial charge is 0.388 e. The van der Waals surface area contributed by atoms with Gasteiger partial charge in [0.15, 0.2) is 0 Å². The Morgan fingerprint density at radius 3 is 2.25 bits per heavy atom. The maximum atomic E-state index is 10.6. The Balaban J connectivity index is 2.35. The first kappa shape index (κ1) is 15.3. The summed E-state index contributed by atoms with van der Waals surface area (Å²) in [5.41, 5.74) is 8.61. The number of aryl methyl sites for hydroxylation is 1. The Morgan fingerprint density at radius 1 is 1.05 bits per heavy atom. The molecule has 2 atom stereocenters. The monoisotopic (exact) mass is 309 g/mol. The second kappa shape index (κ2) is 6.59. The molecule has 2 nitrogen and oxygen atoms in total. The molecule has 4 heteroatoms. The fraction of sp³-hybridized carbons (Fsp3) is 0.250. The molecule has 0 aliphatic carbocycles. The molecule has 0 saturated carbocycles. The Bertz CT molecular complexity index is 584. The van der Waals surface area contributed by atoms with Gasteiger partial charge in [-0.25, -0.2) is 0 Å². The van der Waals surface area contributed by atoms with Crippen molar-refractivity contribution in [2.45, 2.75) is 18.9 Å². The van der Waals surface area contributed by atoms with Gasteiger partial charge >= 0.3 is 0 Å². The van der Waals surface area contributed by atoms with E-state index < -0.39 is 6.10 Å². The van der Waals surface area contributed by atoms with Gasteiger partial charge in [0.05, 0.1) is 6.10 Å². The maximum Gasteiger partial charge on any atom is 0.0873 e. The zero-order chi connectivity index (χ0) is 14.7. The molecule has 3 N–H and O–H groups in total. The number of aliphatic hydroxyl groups excluding tert-OH is 1. The summed E-state index contributed by atoms with van der Waals surface area (Å²) in [7, 11) is 0. The summed E-state index contributed by atoms with van der Waals surface area (Å²) < 4.78 is 0. The van der Waals surface area contributed by atoms with Crippen LogP contribution in [0.25, 0.3) is 0 Å². The molecule has 2 aromatic carbocycles. The van der Waals surface area contributed by atoms with E-state index >= 15 is 0 Å². The number of nitrogens with two attached hydrogens (primary N) is 1. The van der Waals surface area contributed by atoms with Crippen LogP contribution in [0.15, 0.2) is 42.5 Å². The van der Waals surface area contributed by atoms with Crippen LogP contribution in [0.5, 0.6) is 0 Å². The van der Waals surface area contributed by atoms with Crippen LogP contribution >= 0.6 is 23.2 Å². The van der Waals surface area contributed by atoms with Crippen LogP contribution in [0, 0.1) is 6.92 Å². The van der Waals surface area contributed by atoms with E-state index in [1.165, 1.54) is 0 Å². The van der Waals surface area contributed by atoms with Gasteiger partial charge in [-0.15, -0.1) is 0 Å². The topological polar surface area (TPSA) is 46.2 Å². The molecule has 0 aliphatic heterocycles. The third kappa shape index (κ3) is 3.33. The van der Waals surface area contributed by atoms with Crippen molar-refractivity contribution in [2.75, 3.05) is 6.54 Å². The van der Waals surface area contributed by atoms with Crippen LogP contribution in [-0.4, -0.2) is 11.7 Å². The molecule has 0 aliphatic rings. The molecule has 0 radical (unpaired) electrons. The smallest absolute Gasteiger partial charge is 0.0873 e. The third-order valence-corrected chi connectivity index (χ3v) is 3.98. The number of hydrogen-bond acceptors (Lipinski definition) is 2.